The van der Waals surface area contributed by atoms with E-state index >= 15 is 0 Å². The molecule has 0 saturated carbocycles. The van der Waals surface area contributed by atoms with Gasteiger partial charge in [-0.3, -0.25) is 24.3 Å². The Labute approximate surface area is 197 Å². The minimum atomic E-state index is -0.0693. The molecule has 1 aromatic carbocycles. The van der Waals surface area contributed by atoms with Crippen molar-refractivity contribution in [1.82, 2.24) is 29.2 Å². The Morgan fingerprint density at radius 3 is 2.74 bits per heavy atom. The van der Waals surface area contributed by atoms with Crippen LogP contribution in [-0.4, -0.2) is 54.9 Å². The molecule has 1 aliphatic rings. The van der Waals surface area contributed by atoms with Crippen LogP contribution in [0.1, 0.15) is 31.9 Å². The number of benzene rings is 1. The summed E-state index contributed by atoms with van der Waals surface area (Å²) in [7, 11) is 1.75. The zero-order valence-electron chi connectivity index (χ0n) is 19.7. The fourth-order valence-corrected chi connectivity index (χ4v) is 5.03. The Morgan fingerprint density at radius 1 is 1.18 bits per heavy atom. The van der Waals surface area contributed by atoms with Crippen molar-refractivity contribution in [2.45, 2.75) is 38.9 Å². The van der Waals surface area contributed by atoms with E-state index in [2.05, 4.69) is 56.9 Å². The normalized spacial score (nSPS) is 17.8. The number of hydrogen-bond acceptors (Lipinski definition) is 7. The molecule has 1 saturated heterocycles. The molecule has 0 bridgehead atoms. The fourth-order valence-electron chi connectivity index (χ4n) is 5.03. The zero-order valence-corrected chi connectivity index (χ0v) is 19.7. The van der Waals surface area contributed by atoms with Crippen molar-refractivity contribution >= 4 is 27.8 Å². The molecule has 3 aromatic heterocycles. The number of anilines is 1. The van der Waals surface area contributed by atoms with Crippen molar-refractivity contribution in [2.24, 2.45) is 7.05 Å². The molecule has 0 amide bonds. The highest BCUT2D eigenvalue weighted by Gasteiger charge is 2.31. The van der Waals surface area contributed by atoms with E-state index < -0.39 is 0 Å². The van der Waals surface area contributed by atoms with Crippen LogP contribution in [0.4, 0.5) is 5.69 Å². The molecule has 1 aliphatic heterocycles. The molecule has 0 N–H and O–H groups in total. The molecule has 0 spiro atoms. The number of fused-ring (bicyclic) bond motifs is 2. The third kappa shape index (κ3) is 3.80. The maximum absolute atomic E-state index is 12.7. The zero-order chi connectivity index (χ0) is 23.8. The Balaban J connectivity index is 1.44. The van der Waals surface area contributed by atoms with Gasteiger partial charge in [0.05, 0.1) is 34.5 Å². The molecule has 1 fully saturated rings. The lowest BCUT2D eigenvalue weighted by Crippen LogP contribution is -2.53. The Morgan fingerprint density at radius 2 is 1.97 bits per heavy atom. The standard InChI is InChI=1S/C25H28N8O/c1-4-19-15-31(22-14-24(34)30(3)23-16-32(10-7-26)29-25(22)23)11-12-33(19)17(2)18-5-6-20-21(13-18)28-9-8-27-20/h5-6,8-9,13-14,16-17,19H,4,10-12,15H2,1-3H3/t17?,19-/m1/s1. The number of hydrogen-bond donors (Lipinski definition) is 0. The summed E-state index contributed by atoms with van der Waals surface area (Å²) in [5, 5.41) is 13.7. The van der Waals surface area contributed by atoms with E-state index in [1.165, 1.54) is 5.56 Å². The van der Waals surface area contributed by atoms with Gasteiger partial charge in [-0.1, -0.05) is 13.0 Å². The molecule has 174 valence electrons. The van der Waals surface area contributed by atoms with Gasteiger partial charge in [0.1, 0.15) is 12.1 Å². The van der Waals surface area contributed by atoms with Crippen LogP contribution in [0.2, 0.25) is 0 Å². The van der Waals surface area contributed by atoms with E-state index in [-0.39, 0.29) is 18.1 Å². The van der Waals surface area contributed by atoms with Gasteiger partial charge in [0, 0.05) is 57.2 Å². The lowest BCUT2D eigenvalue weighted by molar-refractivity contribution is 0.124. The van der Waals surface area contributed by atoms with Crippen molar-refractivity contribution in [3.05, 3.63) is 58.8 Å². The Hall–Kier alpha value is -3.77. The van der Waals surface area contributed by atoms with Crippen molar-refractivity contribution < 1.29 is 0 Å². The Bertz CT molecular complexity index is 1450. The van der Waals surface area contributed by atoms with Crippen molar-refractivity contribution in [3.63, 3.8) is 0 Å². The molecule has 2 atom stereocenters. The predicted octanol–water partition coefficient (Wildman–Crippen LogP) is 2.86. The van der Waals surface area contributed by atoms with Crippen LogP contribution in [0.15, 0.2) is 47.7 Å². The Kier molecular flexibility index (Phi) is 5.75. The van der Waals surface area contributed by atoms with Gasteiger partial charge < -0.3 is 9.47 Å². The fraction of sp³-hybridized carbons (Fsp3) is 0.400. The smallest absolute Gasteiger partial charge is 0.252 e. The first-order valence-corrected chi connectivity index (χ1v) is 11.7. The van der Waals surface area contributed by atoms with E-state index in [1.54, 1.807) is 41.0 Å². The first-order chi connectivity index (χ1) is 16.5. The quantitative estimate of drug-likeness (QED) is 0.456. The van der Waals surface area contributed by atoms with Gasteiger partial charge in [0.2, 0.25) is 0 Å². The highest BCUT2D eigenvalue weighted by Crippen LogP contribution is 2.31. The minimum Gasteiger partial charge on any atom is -0.367 e. The molecule has 34 heavy (non-hydrogen) atoms. The largest absolute Gasteiger partial charge is 0.367 e. The maximum Gasteiger partial charge on any atom is 0.252 e. The lowest BCUT2D eigenvalue weighted by atomic mass is 10.0. The summed E-state index contributed by atoms with van der Waals surface area (Å²) in [6.45, 7) is 7.08. The number of rotatable bonds is 5. The second-order valence-electron chi connectivity index (χ2n) is 8.87. The van der Waals surface area contributed by atoms with Crippen molar-refractivity contribution in [3.8, 4) is 6.07 Å². The van der Waals surface area contributed by atoms with Crippen LogP contribution in [-0.2, 0) is 13.6 Å². The molecular weight excluding hydrogens is 428 g/mol. The molecular formula is C25H28N8O. The van der Waals surface area contributed by atoms with E-state index in [1.807, 2.05) is 6.07 Å². The summed E-state index contributed by atoms with van der Waals surface area (Å²) in [6, 6.07) is 10.7. The van der Waals surface area contributed by atoms with Crippen LogP contribution in [0.3, 0.4) is 0 Å². The van der Waals surface area contributed by atoms with Crippen LogP contribution in [0.5, 0.6) is 0 Å². The lowest BCUT2D eigenvalue weighted by Gasteiger charge is -2.45. The van der Waals surface area contributed by atoms with E-state index in [9.17, 15) is 4.79 Å². The highest BCUT2D eigenvalue weighted by molar-refractivity contribution is 5.88. The van der Waals surface area contributed by atoms with Gasteiger partial charge >= 0.3 is 0 Å². The molecule has 4 heterocycles. The van der Waals surface area contributed by atoms with Crippen LogP contribution in [0, 0.1) is 11.3 Å². The summed E-state index contributed by atoms with van der Waals surface area (Å²) in [4.78, 5) is 26.4. The molecule has 4 aromatic rings. The molecule has 0 aliphatic carbocycles. The average Bonchev–Trinajstić information content (AvgIpc) is 3.29. The molecule has 9 heteroatoms. The summed E-state index contributed by atoms with van der Waals surface area (Å²) in [5.41, 5.74) is 5.34. The van der Waals surface area contributed by atoms with Gasteiger partial charge in [-0.25, -0.2) is 0 Å². The van der Waals surface area contributed by atoms with Gasteiger partial charge in [-0.2, -0.15) is 10.4 Å². The topological polar surface area (TPSA) is 95.9 Å². The number of nitrogens with zero attached hydrogens (tertiary/aromatic N) is 8. The second kappa shape index (κ2) is 8.88. The monoisotopic (exact) mass is 456 g/mol. The predicted molar refractivity (Wildman–Crippen MR) is 132 cm³/mol. The molecule has 1 unspecified atom stereocenters. The third-order valence-corrected chi connectivity index (χ3v) is 6.98. The summed E-state index contributed by atoms with van der Waals surface area (Å²) < 4.78 is 3.20. The van der Waals surface area contributed by atoms with E-state index in [0.717, 1.165) is 53.8 Å². The minimum absolute atomic E-state index is 0.0693. The molecule has 5 rings (SSSR count). The molecule has 9 nitrogen and oxygen atoms in total. The number of piperazine rings is 1. The molecule has 0 radical (unpaired) electrons. The van der Waals surface area contributed by atoms with Crippen LogP contribution < -0.4 is 10.5 Å². The first-order valence-electron chi connectivity index (χ1n) is 11.7. The number of aromatic nitrogens is 5. The van der Waals surface area contributed by atoms with Gasteiger partial charge in [0.15, 0.2) is 0 Å². The van der Waals surface area contributed by atoms with Crippen molar-refractivity contribution in [2.75, 3.05) is 24.5 Å². The van der Waals surface area contributed by atoms with Gasteiger partial charge in [-0.15, -0.1) is 0 Å². The van der Waals surface area contributed by atoms with Gasteiger partial charge in [-0.05, 0) is 31.0 Å². The van der Waals surface area contributed by atoms with Crippen LogP contribution >= 0.6 is 0 Å². The number of nitriles is 1. The highest BCUT2D eigenvalue weighted by atomic mass is 16.1. The number of aryl methyl sites for hydroxylation is 1. The second-order valence-corrected chi connectivity index (χ2v) is 8.87. The van der Waals surface area contributed by atoms with E-state index in [0.29, 0.717) is 6.04 Å². The summed E-state index contributed by atoms with van der Waals surface area (Å²) in [6.07, 6.45) is 6.22. The third-order valence-electron chi connectivity index (χ3n) is 6.98. The van der Waals surface area contributed by atoms with Crippen LogP contribution in [0.25, 0.3) is 22.1 Å². The average molecular weight is 457 g/mol. The SMILES string of the molecule is CC[C@@H]1CN(c2cc(=O)n(C)c3cn(CC#N)nc23)CCN1C(C)c1ccc2nccnc2c1. The van der Waals surface area contributed by atoms with Crippen molar-refractivity contribution in [1.29, 1.82) is 5.26 Å². The summed E-state index contributed by atoms with van der Waals surface area (Å²) in [5.74, 6) is 0. The van der Waals surface area contributed by atoms with E-state index in [4.69, 9.17) is 5.26 Å². The first kappa shape index (κ1) is 22.0. The summed E-state index contributed by atoms with van der Waals surface area (Å²) >= 11 is 0. The maximum atomic E-state index is 12.7. The number of pyridine rings is 1. The van der Waals surface area contributed by atoms with Gasteiger partial charge in [0.25, 0.3) is 5.56 Å².